The quantitative estimate of drug-likeness (QED) is 0.590. The normalized spacial score (nSPS) is 9.86. The summed E-state index contributed by atoms with van der Waals surface area (Å²) in [7, 11) is 0. The molecule has 0 aliphatic carbocycles. The molecule has 1 amide bonds. The number of nitrogens with two attached hydrogens (primary N) is 1. The lowest BCUT2D eigenvalue weighted by molar-refractivity contribution is 0.0953. The molecular formula is C10H14N2OS. The molecule has 1 rings (SSSR count). The van der Waals surface area contributed by atoms with Gasteiger partial charge in [-0.2, -0.15) is 0 Å². The van der Waals surface area contributed by atoms with Gasteiger partial charge in [0.15, 0.2) is 0 Å². The van der Waals surface area contributed by atoms with Gasteiger partial charge in [-0.05, 0) is 31.4 Å². The Bertz CT molecular complexity index is 339. The zero-order chi connectivity index (χ0) is 10.6. The number of thioether (sulfide) groups is 1. The maximum atomic E-state index is 11.6. The van der Waals surface area contributed by atoms with E-state index < -0.39 is 0 Å². The van der Waals surface area contributed by atoms with Crippen molar-refractivity contribution in [3.05, 3.63) is 23.8 Å². The van der Waals surface area contributed by atoms with Gasteiger partial charge in [-0.3, -0.25) is 4.79 Å². The van der Waals surface area contributed by atoms with Crippen molar-refractivity contribution in [1.29, 1.82) is 0 Å². The fourth-order valence-corrected chi connectivity index (χ4v) is 1.79. The number of anilines is 1. The van der Waals surface area contributed by atoms with Crippen molar-refractivity contribution in [2.75, 3.05) is 18.5 Å². The molecule has 1 aromatic carbocycles. The third kappa shape index (κ3) is 2.42. The maximum absolute atomic E-state index is 11.6. The first-order valence-electron chi connectivity index (χ1n) is 4.40. The molecule has 0 radical (unpaired) electrons. The highest BCUT2D eigenvalue weighted by atomic mass is 32.2. The van der Waals surface area contributed by atoms with Crippen molar-refractivity contribution in [3.8, 4) is 0 Å². The van der Waals surface area contributed by atoms with Crippen LogP contribution in [0.1, 0.15) is 17.3 Å². The highest BCUT2D eigenvalue weighted by Gasteiger charge is 2.09. The molecule has 0 aromatic heterocycles. The molecule has 76 valence electrons. The number of carbonyl (C=O) groups is 1. The van der Waals surface area contributed by atoms with E-state index in [2.05, 4.69) is 5.32 Å². The van der Waals surface area contributed by atoms with Gasteiger partial charge in [-0.15, -0.1) is 11.8 Å². The fraction of sp³-hybridized carbons (Fsp3) is 0.300. The van der Waals surface area contributed by atoms with E-state index in [-0.39, 0.29) is 5.91 Å². The molecule has 0 aliphatic rings. The molecule has 0 atom stereocenters. The molecular weight excluding hydrogens is 196 g/mol. The monoisotopic (exact) mass is 210 g/mol. The van der Waals surface area contributed by atoms with E-state index in [4.69, 9.17) is 5.73 Å². The number of benzene rings is 1. The van der Waals surface area contributed by atoms with Crippen LogP contribution in [0.15, 0.2) is 23.1 Å². The lowest BCUT2D eigenvalue weighted by Crippen LogP contribution is -2.23. The third-order valence-corrected chi connectivity index (χ3v) is 2.59. The summed E-state index contributed by atoms with van der Waals surface area (Å²) in [5.74, 6) is -0.0446. The second kappa shape index (κ2) is 4.91. The number of carbonyl (C=O) groups excluding carboxylic acids is 1. The van der Waals surface area contributed by atoms with Crippen molar-refractivity contribution in [2.24, 2.45) is 0 Å². The average Bonchev–Trinajstić information content (AvgIpc) is 2.17. The summed E-state index contributed by atoms with van der Waals surface area (Å²) in [6.07, 6.45) is 1.93. The lowest BCUT2D eigenvalue weighted by atomic mass is 10.2. The van der Waals surface area contributed by atoms with E-state index in [0.717, 1.165) is 4.90 Å². The smallest absolute Gasteiger partial charge is 0.252 e. The van der Waals surface area contributed by atoms with Gasteiger partial charge in [0, 0.05) is 17.1 Å². The molecule has 0 unspecified atom stereocenters. The lowest BCUT2D eigenvalue weighted by Gasteiger charge is -2.07. The molecule has 0 aliphatic heterocycles. The Morgan fingerprint density at radius 1 is 1.57 bits per heavy atom. The van der Waals surface area contributed by atoms with E-state index in [0.29, 0.717) is 17.8 Å². The number of hydrogen-bond acceptors (Lipinski definition) is 3. The molecule has 0 saturated carbocycles. The summed E-state index contributed by atoms with van der Waals surface area (Å²) in [6.45, 7) is 2.53. The fourth-order valence-electron chi connectivity index (χ4n) is 1.15. The zero-order valence-electron chi connectivity index (χ0n) is 8.33. The Morgan fingerprint density at radius 2 is 2.29 bits per heavy atom. The topological polar surface area (TPSA) is 55.1 Å². The Morgan fingerprint density at radius 3 is 2.86 bits per heavy atom. The molecule has 3 nitrogen and oxygen atoms in total. The van der Waals surface area contributed by atoms with Gasteiger partial charge < -0.3 is 11.1 Å². The minimum absolute atomic E-state index is 0.0446. The molecule has 0 spiro atoms. The molecule has 0 fully saturated rings. The van der Waals surface area contributed by atoms with Gasteiger partial charge in [-0.1, -0.05) is 0 Å². The second-order valence-electron chi connectivity index (χ2n) is 2.82. The van der Waals surface area contributed by atoms with Crippen LogP contribution in [0.2, 0.25) is 0 Å². The highest BCUT2D eigenvalue weighted by molar-refractivity contribution is 7.98. The van der Waals surface area contributed by atoms with Crippen LogP contribution in [0.3, 0.4) is 0 Å². The first-order valence-corrected chi connectivity index (χ1v) is 5.63. The summed E-state index contributed by atoms with van der Waals surface area (Å²) in [4.78, 5) is 12.5. The van der Waals surface area contributed by atoms with Crippen molar-refractivity contribution in [1.82, 2.24) is 5.32 Å². The van der Waals surface area contributed by atoms with Crippen LogP contribution in [0.25, 0.3) is 0 Å². The van der Waals surface area contributed by atoms with Crippen LogP contribution in [0.4, 0.5) is 5.69 Å². The Balaban J connectivity index is 3.01. The standard InChI is InChI=1S/C10H14N2OS/c1-3-12-10(13)8-5-4-7(11)6-9(8)14-2/h4-6H,3,11H2,1-2H3,(H,12,13). The Hall–Kier alpha value is -1.16. The molecule has 0 saturated heterocycles. The van der Waals surface area contributed by atoms with E-state index in [1.165, 1.54) is 11.8 Å². The van der Waals surface area contributed by atoms with Gasteiger partial charge in [0.2, 0.25) is 0 Å². The minimum atomic E-state index is -0.0446. The molecule has 0 bridgehead atoms. The number of nitrogens with one attached hydrogen (secondary N) is 1. The first kappa shape index (κ1) is 10.9. The molecule has 4 heteroatoms. The molecule has 14 heavy (non-hydrogen) atoms. The largest absolute Gasteiger partial charge is 0.399 e. The highest BCUT2D eigenvalue weighted by Crippen LogP contribution is 2.22. The van der Waals surface area contributed by atoms with Gasteiger partial charge in [0.1, 0.15) is 0 Å². The van der Waals surface area contributed by atoms with Gasteiger partial charge >= 0.3 is 0 Å². The van der Waals surface area contributed by atoms with E-state index >= 15 is 0 Å². The summed E-state index contributed by atoms with van der Waals surface area (Å²) >= 11 is 1.52. The van der Waals surface area contributed by atoms with E-state index in [1.807, 2.05) is 19.2 Å². The summed E-state index contributed by atoms with van der Waals surface area (Å²) < 4.78 is 0. The summed E-state index contributed by atoms with van der Waals surface area (Å²) in [6, 6.07) is 5.31. The van der Waals surface area contributed by atoms with Crippen LogP contribution in [0, 0.1) is 0 Å². The van der Waals surface area contributed by atoms with Crippen LogP contribution in [-0.2, 0) is 0 Å². The van der Waals surface area contributed by atoms with Gasteiger partial charge in [-0.25, -0.2) is 0 Å². The van der Waals surface area contributed by atoms with Crippen LogP contribution >= 0.6 is 11.8 Å². The van der Waals surface area contributed by atoms with Gasteiger partial charge in [0.25, 0.3) is 5.91 Å². The molecule has 3 N–H and O–H groups in total. The minimum Gasteiger partial charge on any atom is -0.399 e. The van der Waals surface area contributed by atoms with Crippen LogP contribution < -0.4 is 11.1 Å². The predicted molar refractivity (Wildman–Crippen MR) is 60.6 cm³/mol. The van der Waals surface area contributed by atoms with Crippen molar-refractivity contribution in [3.63, 3.8) is 0 Å². The van der Waals surface area contributed by atoms with E-state index in [9.17, 15) is 4.79 Å². The Labute approximate surface area is 88.1 Å². The first-order chi connectivity index (χ1) is 6.69. The van der Waals surface area contributed by atoms with Crippen molar-refractivity contribution in [2.45, 2.75) is 11.8 Å². The van der Waals surface area contributed by atoms with E-state index in [1.54, 1.807) is 12.1 Å². The average molecular weight is 210 g/mol. The second-order valence-corrected chi connectivity index (χ2v) is 3.67. The van der Waals surface area contributed by atoms with Crippen LogP contribution in [-0.4, -0.2) is 18.7 Å². The molecule has 0 heterocycles. The number of rotatable bonds is 3. The number of nitrogen functional groups attached to an aromatic ring is 1. The summed E-state index contributed by atoms with van der Waals surface area (Å²) in [5.41, 5.74) is 7.00. The number of hydrogen-bond donors (Lipinski definition) is 2. The predicted octanol–water partition coefficient (Wildman–Crippen LogP) is 1.74. The maximum Gasteiger partial charge on any atom is 0.252 e. The zero-order valence-corrected chi connectivity index (χ0v) is 9.15. The van der Waals surface area contributed by atoms with Crippen LogP contribution in [0.5, 0.6) is 0 Å². The summed E-state index contributed by atoms with van der Waals surface area (Å²) in [5, 5.41) is 2.76. The van der Waals surface area contributed by atoms with Crippen molar-refractivity contribution < 1.29 is 4.79 Å². The third-order valence-electron chi connectivity index (χ3n) is 1.81. The van der Waals surface area contributed by atoms with Gasteiger partial charge in [0.05, 0.1) is 5.56 Å². The Kier molecular flexibility index (Phi) is 3.83. The SMILES string of the molecule is CCNC(=O)c1ccc(N)cc1SC. The number of amides is 1. The molecule has 1 aromatic rings. The van der Waals surface area contributed by atoms with Crippen molar-refractivity contribution >= 4 is 23.4 Å².